The predicted octanol–water partition coefficient (Wildman–Crippen LogP) is 3.61. The lowest BCUT2D eigenvalue weighted by atomic mass is 10.0. The molecule has 0 aliphatic carbocycles. The van der Waals surface area contributed by atoms with Crippen LogP contribution in [-0.4, -0.2) is 36.6 Å². The lowest BCUT2D eigenvalue weighted by molar-refractivity contribution is 0.284. The molecule has 2 heterocycles. The Morgan fingerprint density at radius 2 is 2.22 bits per heavy atom. The maximum atomic E-state index is 5.87. The summed E-state index contributed by atoms with van der Waals surface area (Å²) >= 11 is 0. The quantitative estimate of drug-likeness (QED) is 0.501. The number of allylic oxidation sites excluding steroid dienone is 1. The summed E-state index contributed by atoms with van der Waals surface area (Å²) in [6.45, 7) is 9.83. The number of aromatic nitrogens is 1. The molecular formula is C21H33N4OP. The van der Waals surface area contributed by atoms with Gasteiger partial charge in [0.1, 0.15) is 0 Å². The number of aryl methyl sites for hydroxylation is 1. The molecule has 3 unspecified atom stereocenters. The molecule has 2 N–H and O–H groups in total. The van der Waals surface area contributed by atoms with Gasteiger partial charge in [-0.2, -0.15) is 0 Å². The molecule has 1 aromatic rings. The summed E-state index contributed by atoms with van der Waals surface area (Å²) in [6, 6.07) is 2.30. The number of pyridine rings is 1. The van der Waals surface area contributed by atoms with Crippen LogP contribution in [0.2, 0.25) is 0 Å². The Kier molecular flexibility index (Phi) is 8.46. The van der Waals surface area contributed by atoms with E-state index in [4.69, 9.17) is 4.74 Å². The smallest absolute Gasteiger partial charge is 0.216 e. The number of nitrogens with one attached hydrogen (secondary N) is 2. The molecule has 1 aliphatic rings. The molecule has 148 valence electrons. The van der Waals surface area contributed by atoms with Crippen molar-refractivity contribution in [3.05, 3.63) is 46.9 Å². The van der Waals surface area contributed by atoms with E-state index in [1.54, 1.807) is 0 Å². The second kappa shape index (κ2) is 10.6. The predicted molar refractivity (Wildman–Crippen MR) is 117 cm³/mol. The third-order valence-corrected chi connectivity index (χ3v) is 5.72. The summed E-state index contributed by atoms with van der Waals surface area (Å²) in [5, 5.41) is 6.62. The normalized spacial score (nSPS) is 18.3. The molecule has 0 bridgehead atoms. The molecule has 0 saturated heterocycles. The van der Waals surface area contributed by atoms with Crippen LogP contribution in [0.4, 0.5) is 0 Å². The third-order valence-electron chi connectivity index (χ3n) is 4.75. The van der Waals surface area contributed by atoms with Crippen molar-refractivity contribution in [1.29, 1.82) is 0 Å². The fourth-order valence-electron chi connectivity index (χ4n) is 2.81. The maximum Gasteiger partial charge on any atom is 0.216 e. The molecule has 6 heteroatoms. The minimum atomic E-state index is 0.196. The van der Waals surface area contributed by atoms with E-state index >= 15 is 0 Å². The lowest BCUT2D eigenvalue weighted by Crippen LogP contribution is -2.32. The van der Waals surface area contributed by atoms with E-state index in [1.807, 2.05) is 32.6 Å². The third kappa shape index (κ3) is 6.15. The van der Waals surface area contributed by atoms with Crippen molar-refractivity contribution in [2.24, 2.45) is 10.9 Å². The number of aliphatic imine (C=N–C) groups is 1. The molecule has 0 spiro atoms. The number of hydrogen-bond donors (Lipinski definition) is 2. The van der Waals surface area contributed by atoms with Gasteiger partial charge in [-0.05, 0) is 50.2 Å². The van der Waals surface area contributed by atoms with Gasteiger partial charge >= 0.3 is 0 Å². The van der Waals surface area contributed by atoms with Crippen molar-refractivity contribution in [2.45, 2.75) is 52.4 Å². The van der Waals surface area contributed by atoms with Gasteiger partial charge in [-0.25, -0.2) is 4.98 Å². The molecule has 27 heavy (non-hydrogen) atoms. The highest BCUT2D eigenvalue weighted by Crippen LogP contribution is 2.19. The van der Waals surface area contributed by atoms with E-state index in [0.717, 1.165) is 17.5 Å². The van der Waals surface area contributed by atoms with Crippen molar-refractivity contribution in [1.82, 2.24) is 15.6 Å². The molecule has 0 fully saturated rings. The monoisotopic (exact) mass is 388 g/mol. The molecule has 0 saturated carbocycles. The van der Waals surface area contributed by atoms with E-state index in [2.05, 4.69) is 62.8 Å². The van der Waals surface area contributed by atoms with Crippen LogP contribution in [0.1, 0.15) is 38.3 Å². The van der Waals surface area contributed by atoms with Gasteiger partial charge in [0.05, 0.1) is 19.2 Å². The van der Waals surface area contributed by atoms with Crippen LogP contribution >= 0.6 is 9.24 Å². The first-order chi connectivity index (χ1) is 13.0. The van der Waals surface area contributed by atoms with Crippen LogP contribution in [0.3, 0.4) is 0 Å². The number of hydrogen-bond acceptors (Lipinski definition) is 5. The van der Waals surface area contributed by atoms with Crippen LogP contribution in [0.25, 0.3) is 0 Å². The zero-order chi connectivity index (χ0) is 19.8. The minimum absolute atomic E-state index is 0.196. The van der Waals surface area contributed by atoms with Crippen LogP contribution in [0.5, 0.6) is 5.88 Å². The summed E-state index contributed by atoms with van der Waals surface area (Å²) in [5.74, 6) is 1.28. The Balaban J connectivity index is 2.00. The standard InChI is InChI=1S/C21H33N4OP/c1-6-18-17(19(22-5)7-8-24-18)12-23-10-16-9-15(4)21(25-11-16)26-13-20(27)14(2)3/h7-9,11-12,14,19-20,22,24H,6,10,13,27H2,1-5H3. The lowest BCUT2D eigenvalue weighted by Gasteiger charge is -2.22. The number of rotatable bonds is 9. The maximum absolute atomic E-state index is 5.87. The average molecular weight is 388 g/mol. The van der Waals surface area contributed by atoms with Gasteiger partial charge in [-0.15, -0.1) is 9.24 Å². The van der Waals surface area contributed by atoms with Gasteiger partial charge in [0, 0.05) is 34.9 Å². The summed E-state index contributed by atoms with van der Waals surface area (Å²) in [4.78, 5) is 9.13. The number of likely N-dealkylation sites (N-methyl/N-ethyl adjacent to an activating group) is 1. The van der Waals surface area contributed by atoms with Crippen molar-refractivity contribution in [3.8, 4) is 5.88 Å². The average Bonchev–Trinajstić information content (AvgIpc) is 2.66. The highest BCUT2D eigenvalue weighted by Gasteiger charge is 2.15. The van der Waals surface area contributed by atoms with Gasteiger partial charge < -0.3 is 15.4 Å². The molecule has 3 atom stereocenters. The van der Waals surface area contributed by atoms with Crippen LogP contribution in [0, 0.1) is 12.8 Å². The molecule has 0 radical (unpaired) electrons. The van der Waals surface area contributed by atoms with Crippen LogP contribution in [-0.2, 0) is 6.54 Å². The van der Waals surface area contributed by atoms with Gasteiger partial charge in [0.15, 0.2) is 0 Å². The number of dihydropyridines is 1. The van der Waals surface area contributed by atoms with Gasteiger partial charge in [0.25, 0.3) is 0 Å². The Morgan fingerprint density at radius 3 is 2.85 bits per heavy atom. The molecule has 2 rings (SSSR count). The van der Waals surface area contributed by atoms with Crippen molar-refractivity contribution < 1.29 is 4.74 Å². The zero-order valence-corrected chi connectivity index (χ0v) is 18.3. The van der Waals surface area contributed by atoms with E-state index in [-0.39, 0.29) is 6.04 Å². The van der Waals surface area contributed by atoms with Gasteiger partial charge in [0.2, 0.25) is 5.88 Å². The zero-order valence-electron chi connectivity index (χ0n) is 17.1. The highest BCUT2D eigenvalue weighted by molar-refractivity contribution is 7.17. The molecule has 1 aliphatic heterocycles. The largest absolute Gasteiger partial charge is 0.477 e. The minimum Gasteiger partial charge on any atom is -0.477 e. The van der Waals surface area contributed by atoms with Crippen molar-refractivity contribution in [3.63, 3.8) is 0 Å². The first-order valence-corrected chi connectivity index (χ1v) is 10.3. The first kappa shape index (κ1) is 21.6. The highest BCUT2D eigenvalue weighted by atomic mass is 31.0. The van der Waals surface area contributed by atoms with Crippen molar-refractivity contribution >= 4 is 15.5 Å². The number of nitrogens with zero attached hydrogens (tertiary/aromatic N) is 2. The Bertz CT molecular complexity index is 712. The van der Waals surface area contributed by atoms with E-state index in [1.165, 1.54) is 11.3 Å². The van der Waals surface area contributed by atoms with E-state index in [0.29, 0.717) is 30.6 Å². The van der Waals surface area contributed by atoms with Crippen molar-refractivity contribution in [2.75, 3.05) is 13.7 Å². The van der Waals surface area contributed by atoms with Crippen LogP contribution in [0.15, 0.2) is 40.8 Å². The summed E-state index contributed by atoms with van der Waals surface area (Å²) in [5.41, 5.74) is 4.95. The number of ether oxygens (including phenoxy) is 1. The topological polar surface area (TPSA) is 58.5 Å². The summed E-state index contributed by atoms with van der Waals surface area (Å²) in [7, 11) is 4.81. The fourth-order valence-corrected chi connectivity index (χ4v) is 2.91. The van der Waals surface area contributed by atoms with Gasteiger partial charge in [-0.3, -0.25) is 4.99 Å². The fraction of sp³-hybridized carbons (Fsp3) is 0.524. The molecule has 5 nitrogen and oxygen atoms in total. The van der Waals surface area contributed by atoms with E-state index < -0.39 is 0 Å². The van der Waals surface area contributed by atoms with Crippen LogP contribution < -0.4 is 15.4 Å². The summed E-state index contributed by atoms with van der Waals surface area (Å²) in [6.07, 6.45) is 8.87. The molecule has 0 aromatic carbocycles. The second-order valence-electron chi connectivity index (χ2n) is 7.21. The second-order valence-corrected chi connectivity index (χ2v) is 8.07. The Labute approximate surface area is 166 Å². The Hall–Kier alpha value is -1.71. The van der Waals surface area contributed by atoms with Gasteiger partial charge in [-0.1, -0.05) is 20.8 Å². The molecular weight excluding hydrogens is 355 g/mol. The summed E-state index contributed by atoms with van der Waals surface area (Å²) < 4.78 is 5.87. The molecule has 0 amide bonds. The SMILES string of the molecule is CCC1=C(C=NCc2cnc(OCC(P)C(C)C)c(C)c2)C(NC)C=CN1. The Morgan fingerprint density at radius 1 is 1.44 bits per heavy atom. The van der Waals surface area contributed by atoms with E-state index in [9.17, 15) is 0 Å². The molecule has 1 aromatic heterocycles. The first-order valence-electron chi connectivity index (χ1n) is 9.63.